The third-order valence-electron chi connectivity index (χ3n) is 4.08. The average Bonchev–Trinajstić information content (AvgIpc) is 2.70. The van der Waals surface area contributed by atoms with Crippen LogP contribution in [0.4, 0.5) is 14.5 Å². The van der Waals surface area contributed by atoms with Crippen LogP contribution in [0.2, 0.25) is 5.02 Å². The van der Waals surface area contributed by atoms with Crippen molar-refractivity contribution in [1.82, 2.24) is 0 Å². The van der Waals surface area contributed by atoms with Crippen molar-refractivity contribution in [3.8, 4) is 5.75 Å². The number of nitrogens with zero attached hydrogens (tertiary/aromatic N) is 1. The van der Waals surface area contributed by atoms with Crippen molar-refractivity contribution in [1.29, 1.82) is 0 Å². The molecule has 1 N–H and O–H groups in total. The number of aryl methyl sites for hydroxylation is 1. The van der Waals surface area contributed by atoms with Crippen molar-refractivity contribution >= 4 is 46.0 Å². The van der Waals surface area contributed by atoms with Crippen LogP contribution >= 0.6 is 23.8 Å². The molecule has 3 rings (SSSR count). The third kappa shape index (κ3) is 5.52. The van der Waals surface area contributed by atoms with E-state index in [0.717, 1.165) is 5.56 Å². The zero-order chi connectivity index (χ0) is 21.7. The zero-order valence-electron chi connectivity index (χ0n) is 15.8. The first-order chi connectivity index (χ1) is 14.3. The molecule has 0 atom stereocenters. The normalized spacial score (nSPS) is 11.8. The van der Waals surface area contributed by atoms with Crippen LogP contribution in [-0.4, -0.2) is 11.6 Å². The summed E-state index contributed by atoms with van der Waals surface area (Å²) in [6.45, 7) is -1.04. The second-order valence-corrected chi connectivity index (χ2v) is 7.17. The van der Waals surface area contributed by atoms with Gasteiger partial charge in [-0.2, -0.15) is 13.3 Å². The summed E-state index contributed by atoms with van der Waals surface area (Å²) in [5.74, 6) is -0.408. The van der Waals surface area contributed by atoms with Crippen molar-refractivity contribution in [3.05, 3.63) is 89.2 Å². The number of hydrogen-bond donors (Lipinski definition) is 1. The molecular weight excluding hydrogens is 430 g/mol. The first kappa shape index (κ1) is 21.7. The van der Waals surface area contributed by atoms with Crippen LogP contribution in [0.15, 0.2) is 73.1 Å². The number of halogens is 3. The van der Waals surface area contributed by atoms with Crippen molar-refractivity contribution in [2.45, 2.75) is 13.5 Å². The van der Waals surface area contributed by atoms with Gasteiger partial charge >= 0.3 is 6.61 Å². The van der Waals surface area contributed by atoms with Gasteiger partial charge in [0.15, 0.2) is 17.4 Å². The number of anilines is 1. The van der Waals surface area contributed by atoms with Crippen LogP contribution in [0.1, 0.15) is 11.1 Å². The minimum atomic E-state index is -2.94. The topological polar surface area (TPSA) is 48.2 Å². The standard InChI is InChI=1S/C22H17ClF2N2O2S/c1-14-3-2-12-27(13-14)19(21(30)26-17-8-6-16(23)7-9-17)20(28)15-4-10-18(11-5-15)29-22(24)25/h2-13,22H,1H3,(H-,26,28,30). The van der Waals surface area contributed by atoms with Gasteiger partial charge in [-0.15, -0.1) is 0 Å². The lowest BCUT2D eigenvalue weighted by molar-refractivity contribution is -0.578. The van der Waals surface area contributed by atoms with Crippen LogP contribution in [0, 0.1) is 6.92 Å². The number of aromatic nitrogens is 1. The summed E-state index contributed by atoms with van der Waals surface area (Å²) < 4.78 is 30.7. The summed E-state index contributed by atoms with van der Waals surface area (Å²) in [6, 6.07) is 16.1. The Morgan fingerprint density at radius 3 is 2.37 bits per heavy atom. The molecule has 1 heterocycles. The fraction of sp³-hybridized carbons (Fsp3) is 0.0909. The second-order valence-electron chi connectivity index (χ2n) is 6.33. The summed E-state index contributed by atoms with van der Waals surface area (Å²) in [5.41, 5.74) is 2.09. The molecule has 0 spiro atoms. The van der Waals surface area contributed by atoms with Crippen molar-refractivity contribution in [2.75, 3.05) is 5.32 Å². The Labute approximate surface area is 183 Å². The Kier molecular flexibility index (Phi) is 6.97. The molecule has 4 nitrogen and oxygen atoms in total. The van der Waals surface area contributed by atoms with Crippen molar-refractivity contribution in [3.63, 3.8) is 0 Å². The van der Waals surface area contributed by atoms with E-state index >= 15 is 0 Å². The lowest BCUT2D eigenvalue weighted by Gasteiger charge is -2.17. The quantitative estimate of drug-likeness (QED) is 0.259. The minimum Gasteiger partial charge on any atom is -0.867 e. The Balaban J connectivity index is 2.01. The van der Waals surface area contributed by atoms with Crippen LogP contribution in [-0.2, 0) is 0 Å². The van der Waals surface area contributed by atoms with E-state index < -0.39 is 6.61 Å². The lowest BCUT2D eigenvalue weighted by atomic mass is 10.1. The van der Waals surface area contributed by atoms with E-state index in [-0.39, 0.29) is 27.8 Å². The summed E-state index contributed by atoms with van der Waals surface area (Å²) in [4.78, 5) is 0.200. The highest BCUT2D eigenvalue weighted by Gasteiger charge is 2.19. The van der Waals surface area contributed by atoms with E-state index in [1.54, 1.807) is 47.3 Å². The van der Waals surface area contributed by atoms with Crippen LogP contribution in [0.3, 0.4) is 0 Å². The highest BCUT2D eigenvalue weighted by Crippen LogP contribution is 2.21. The molecule has 0 amide bonds. The van der Waals surface area contributed by atoms with Gasteiger partial charge in [0.1, 0.15) is 5.75 Å². The van der Waals surface area contributed by atoms with Gasteiger partial charge in [0, 0.05) is 22.3 Å². The molecule has 0 saturated carbocycles. The van der Waals surface area contributed by atoms with E-state index in [0.29, 0.717) is 10.7 Å². The summed E-state index contributed by atoms with van der Waals surface area (Å²) in [5, 5.41) is 16.9. The predicted octanol–water partition coefficient (Wildman–Crippen LogP) is 4.66. The Morgan fingerprint density at radius 1 is 1.10 bits per heavy atom. The molecule has 0 unspecified atom stereocenters. The molecule has 0 aliphatic carbocycles. The van der Waals surface area contributed by atoms with Crippen molar-refractivity contribution in [2.24, 2.45) is 0 Å². The average molecular weight is 447 g/mol. The summed E-state index contributed by atoms with van der Waals surface area (Å²) >= 11 is 11.4. The van der Waals surface area contributed by atoms with Crippen LogP contribution < -0.4 is 19.7 Å². The molecule has 0 bridgehead atoms. The lowest BCUT2D eigenvalue weighted by Crippen LogP contribution is -2.40. The van der Waals surface area contributed by atoms with Crippen molar-refractivity contribution < 1.29 is 23.2 Å². The molecule has 8 heteroatoms. The number of hydrogen-bond acceptors (Lipinski definition) is 3. The molecule has 1 aromatic heterocycles. The number of ether oxygens (including phenoxy) is 1. The van der Waals surface area contributed by atoms with Crippen LogP contribution in [0.5, 0.6) is 5.75 Å². The third-order valence-corrected chi connectivity index (χ3v) is 4.63. The maximum Gasteiger partial charge on any atom is 0.387 e. The molecule has 0 saturated heterocycles. The van der Waals surface area contributed by atoms with Gasteiger partial charge in [-0.3, -0.25) is 0 Å². The van der Waals surface area contributed by atoms with E-state index in [9.17, 15) is 13.9 Å². The number of pyridine rings is 1. The van der Waals surface area contributed by atoms with Gasteiger partial charge in [0.05, 0.1) is 0 Å². The Hall–Kier alpha value is -3.03. The fourth-order valence-electron chi connectivity index (χ4n) is 2.72. The zero-order valence-corrected chi connectivity index (χ0v) is 17.4. The first-order valence-corrected chi connectivity index (χ1v) is 9.64. The van der Waals surface area contributed by atoms with E-state index in [4.69, 9.17) is 23.8 Å². The first-order valence-electron chi connectivity index (χ1n) is 8.85. The maximum atomic E-state index is 13.3. The fourth-order valence-corrected chi connectivity index (χ4v) is 3.16. The molecular formula is C22H17ClF2N2O2S. The molecule has 2 aromatic carbocycles. The number of alkyl halides is 2. The molecule has 30 heavy (non-hydrogen) atoms. The largest absolute Gasteiger partial charge is 0.867 e. The highest BCUT2D eigenvalue weighted by atomic mass is 35.5. The molecule has 0 radical (unpaired) electrons. The number of thiocarbonyl (C=S) groups is 1. The van der Waals surface area contributed by atoms with Gasteiger partial charge in [0.25, 0.3) is 0 Å². The highest BCUT2D eigenvalue weighted by molar-refractivity contribution is 7.81. The van der Waals surface area contributed by atoms with E-state index in [2.05, 4.69) is 10.1 Å². The Bertz CT molecular complexity index is 1070. The van der Waals surface area contributed by atoms with Crippen LogP contribution in [0.25, 0.3) is 11.5 Å². The summed E-state index contributed by atoms with van der Waals surface area (Å²) in [6.07, 6.45) is 3.49. The number of nitrogens with one attached hydrogen (secondary N) is 1. The van der Waals surface area contributed by atoms with Gasteiger partial charge in [0.2, 0.25) is 5.70 Å². The minimum absolute atomic E-state index is 0.0341. The van der Waals surface area contributed by atoms with E-state index in [1.165, 1.54) is 24.3 Å². The van der Waals surface area contributed by atoms with E-state index in [1.807, 2.05) is 13.0 Å². The second kappa shape index (κ2) is 9.65. The predicted molar refractivity (Wildman–Crippen MR) is 115 cm³/mol. The number of benzene rings is 2. The molecule has 0 fully saturated rings. The molecule has 0 aliphatic heterocycles. The molecule has 154 valence electrons. The number of rotatable bonds is 6. The monoisotopic (exact) mass is 446 g/mol. The molecule has 3 aromatic rings. The Morgan fingerprint density at radius 2 is 1.77 bits per heavy atom. The SMILES string of the molecule is Cc1ccc[n+](C(C(=S)Nc2ccc(Cl)cc2)=C([O-])c2ccc(OC(F)F)cc2)c1. The smallest absolute Gasteiger partial charge is 0.387 e. The van der Waals surface area contributed by atoms with Gasteiger partial charge in [-0.05, 0) is 60.7 Å². The molecule has 0 aliphatic rings. The van der Waals surface area contributed by atoms with Gasteiger partial charge < -0.3 is 15.2 Å². The van der Waals surface area contributed by atoms with Gasteiger partial charge in [-0.1, -0.05) is 36.0 Å². The maximum absolute atomic E-state index is 13.3. The van der Waals surface area contributed by atoms with Gasteiger partial charge in [-0.25, -0.2) is 0 Å². The summed E-state index contributed by atoms with van der Waals surface area (Å²) in [7, 11) is 0.